The second-order valence-corrected chi connectivity index (χ2v) is 6.31. The molecule has 1 atom stereocenters. The number of carbonyl (C=O) groups is 1. The van der Waals surface area contributed by atoms with Crippen molar-refractivity contribution in [2.45, 2.75) is 51.6 Å². The van der Waals surface area contributed by atoms with Gasteiger partial charge >= 0.3 is 6.03 Å². The van der Waals surface area contributed by atoms with Gasteiger partial charge in [-0.2, -0.15) is 10.2 Å². The lowest BCUT2D eigenvalue weighted by atomic mass is 10.1. The summed E-state index contributed by atoms with van der Waals surface area (Å²) in [4.78, 5) is 16.5. The molecule has 2 amide bonds. The van der Waals surface area contributed by atoms with Crippen molar-refractivity contribution >= 4 is 6.03 Å². The minimum absolute atomic E-state index is 0.0460. The first kappa shape index (κ1) is 16.5. The molecule has 8 nitrogen and oxygen atoms in total. The summed E-state index contributed by atoms with van der Waals surface area (Å²) in [6, 6.07) is -0.175. The summed E-state index contributed by atoms with van der Waals surface area (Å²) in [6.45, 7) is 3.43. The Labute approximate surface area is 141 Å². The van der Waals surface area contributed by atoms with Gasteiger partial charge in [-0.25, -0.2) is 14.5 Å². The van der Waals surface area contributed by atoms with E-state index in [0.29, 0.717) is 6.54 Å². The molecule has 24 heavy (non-hydrogen) atoms. The van der Waals surface area contributed by atoms with Gasteiger partial charge in [-0.3, -0.25) is 4.68 Å². The van der Waals surface area contributed by atoms with Crippen molar-refractivity contribution in [1.29, 1.82) is 0 Å². The summed E-state index contributed by atoms with van der Waals surface area (Å²) in [5.74, 6) is 1.62. The predicted molar refractivity (Wildman–Crippen MR) is 89.4 cm³/mol. The lowest BCUT2D eigenvalue weighted by Gasteiger charge is -2.23. The number of hydrogen-bond donors (Lipinski definition) is 2. The largest absolute Gasteiger partial charge is 0.338 e. The van der Waals surface area contributed by atoms with Crippen LogP contribution in [0.1, 0.15) is 48.9 Å². The molecule has 1 aliphatic rings. The molecule has 0 fully saturated rings. The third-order valence-electron chi connectivity index (χ3n) is 4.22. The summed E-state index contributed by atoms with van der Waals surface area (Å²) >= 11 is 0. The first-order chi connectivity index (χ1) is 11.6. The number of nitrogens with one attached hydrogen (secondary N) is 2. The standard InChI is InChI=1S/C16H25N7O/c1-12-19-15-14(7-5-9-23(15)21-12)20-16(24)17-8-4-3-6-13-10-18-22(2)11-13/h10-11,14H,3-9H2,1-2H3,(H2,17,20,24)/t14-/m0/s1. The van der Waals surface area contributed by atoms with Gasteiger partial charge in [0, 0.05) is 26.3 Å². The van der Waals surface area contributed by atoms with Crippen LogP contribution in [0.4, 0.5) is 4.79 Å². The molecule has 2 aromatic rings. The van der Waals surface area contributed by atoms with Crippen molar-refractivity contribution < 1.29 is 4.79 Å². The molecule has 0 saturated carbocycles. The van der Waals surface area contributed by atoms with Crippen molar-refractivity contribution in [2.24, 2.45) is 7.05 Å². The molecule has 1 aliphatic heterocycles. The number of fused-ring (bicyclic) bond motifs is 1. The van der Waals surface area contributed by atoms with Crippen molar-refractivity contribution in [1.82, 2.24) is 35.2 Å². The van der Waals surface area contributed by atoms with Crippen molar-refractivity contribution in [3.63, 3.8) is 0 Å². The van der Waals surface area contributed by atoms with Crippen LogP contribution < -0.4 is 10.6 Å². The summed E-state index contributed by atoms with van der Waals surface area (Å²) in [6.07, 6.45) is 8.80. The minimum Gasteiger partial charge on any atom is -0.338 e. The Kier molecular flexibility index (Phi) is 5.12. The number of carbonyl (C=O) groups excluding carboxylic acids is 1. The molecule has 0 spiro atoms. The van der Waals surface area contributed by atoms with Gasteiger partial charge in [0.2, 0.25) is 0 Å². The highest BCUT2D eigenvalue weighted by atomic mass is 16.2. The van der Waals surface area contributed by atoms with Crippen LogP contribution in [0, 0.1) is 6.92 Å². The molecule has 130 valence electrons. The Hall–Kier alpha value is -2.38. The molecular weight excluding hydrogens is 306 g/mol. The van der Waals surface area contributed by atoms with Crippen molar-refractivity contribution in [3.8, 4) is 0 Å². The molecule has 0 aromatic carbocycles. The Bertz CT molecular complexity index is 690. The Morgan fingerprint density at radius 1 is 1.42 bits per heavy atom. The third kappa shape index (κ3) is 4.12. The van der Waals surface area contributed by atoms with E-state index in [1.807, 2.05) is 35.7 Å². The lowest BCUT2D eigenvalue weighted by Crippen LogP contribution is -2.40. The average Bonchev–Trinajstić information content (AvgIpc) is 3.12. The minimum atomic E-state index is -0.129. The molecule has 0 saturated heterocycles. The van der Waals surface area contributed by atoms with Gasteiger partial charge in [0.15, 0.2) is 0 Å². The van der Waals surface area contributed by atoms with Crippen LogP contribution in [0.2, 0.25) is 0 Å². The van der Waals surface area contributed by atoms with E-state index in [1.165, 1.54) is 5.56 Å². The van der Waals surface area contributed by atoms with E-state index < -0.39 is 0 Å². The van der Waals surface area contributed by atoms with E-state index in [9.17, 15) is 4.79 Å². The molecular formula is C16H25N7O. The fourth-order valence-corrected chi connectivity index (χ4v) is 3.07. The Balaban J connectivity index is 1.37. The molecule has 0 aliphatic carbocycles. The molecule has 3 rings (SSSR count). The monoisotopic (exact) mass is 331 g/mol. The summed E-state index contributed by atoms with van der Waals surface area (Å²) < 4.78 is 3.71. The number of nitrogens with zero attached hydrogens (tertiary/aromatic N) is 5. The number of rotatable bonds is 6. The fourth-order valence-electron chi connectivity index (χ4n) is 3.07. The van der Waals surface area contributed by atoms with E-state index in [2.05, 4.69) is 25.8 Å². The van der Waals surface area contributed by atoms with Crippen LogP contribution in [-0.4, -0.2) is 37.1 Å². The van der Waals surface area contributed by atoms with Crippen molar-refractivity contribution in [3.05, 3.63) is 29.6 Å². The van der Waals surface area contributed by atoms with Crippen LogP contribution in [0.25, 0.3) is 0 Å². The molecule has 3 heterocycles. The molecule has 0 unspecified atom stereocenters. The van der Waals surface area contributed by atoms with Crippen LogP contribution in [0.15, 0.2) is 12.4 Å². The van der Waals surface area contributed by atoms with E-state index in [1.54, 1.807) is 0 Å². The van der Waals surface area contributed by atoms with Gasteiger partial charge in [0.25, 0.3) is 0 Å². The maximum absolute atomic E-state index is 12.1. The lowest BCUT2D eigenvalue weighted by molar-refractivity contribution is 0.232. The van der Waals surface area contributed by atoms with Gasteiger partial charge < -0.3 is 10.6 Å². The van der Waals surface area contributed by atoms with E-state index in [-0.39, 0.29) is 12.1 Å². The summed E-state index contributed by atoms with van der Waals surface area (Å²) in [7, 11) is 1.92. The highest BCUT2D eigenvalue weighted by molar-refractivity contribution is 5.74. The first-order valence-electron chi connectivity index (χ1n) is 8.55. The zero-order chi connectivity index (χ0) is 16.9. The molecule has 2 aromatic heterocycles. The number of amides is 2. The van der Waals surface area contributed by atoms with Gasteiger partial charge in [-0.15, -0.1) is 0 Å². The van der Waals surface area contributed by atoms with Gasteiger partial charge in [-0.1, -0.05) is 0 Å². The summed E-state index contributed by atoms with van der Waals surface area (Å²) in [5.41, 5.74) is 1.24. The second-order valence-electron chi connectivity index (χ2n) is 6.31. The number of hydrogen-bond acceptors (Lipinski definition) is 4. The smallest absolute Gasteiger partial charge is 0.315 e. The number of aromatic nitrogens is 5. The van der Waals surface area contributed by atoms with E-state index in [4.69, 9.17) is 0 Å². The van der Waals surface area contributed by atoms with Gasteiger partial charge in [0.05, 0.1) is 12.2 Å². The zero-order valence-corrected chi connectivity index (χ0v) is 14.3. The van der Waals surface area contributed by atoms with E-state index >= 15 is 0 Å². The fraction of sp³-hybridized carbons (Fsp3) is 0.625. The zero-order valence-electron chi connectivity index (χ0n) is 14.3. The van der Waals surface area contributed by atoms with Crippen LogP contribution >= 0.6 is 0 Å². The number of urea groups is 1. The maximum Gasteiger partial charge on any atom is 0.315 e. The highest BCUT2D eigenvalue weighted by Gasteiger charge is 2.24. The molecule has 0 bridgehead atoms. The van der Waals surface area contributed by atoms with Gasteiger partial charge in [0.1, 0.15) is 11.6 Å². The van der Waals surface area contributed by atoms with Crippen LogP contribution in [0.5, 0.6) is 0 Å². The number of unbranched alkanes of at least 4 members (excludes halogenated alkanes) is 1. The van der Waals surface area contributed by atoms with Gasteiger partial charge in [-0.05, 0) is 44.6 Å². The van der Waals surface area contributed by atoms with Crippen LogP contribution in [0.3, 0.4) is 0 Å². The number of aryl methyl sites for hydroxylation is 4. The molecule has 2 N–H and O–H groups in total. The SMILES string of the molecule is Cc1nc2n(n1)CCC[C@@H]2NC(=O)NCCCCc1cnn(C)c1. The quantitative estimate of drug-likeness (QED) is 0.785. The normalized spacial score (nSPS) is 16.7. The predicted octanol–water partition coefficient (Wildman–Crippen LogP) is 1.48. The second kappa shape index (κ2) is 7.46. The molecule has 0 radical (unpaired) electrons. The van der Waals surface area contributed by atoms with E-state index in [0.717, 1.165) is 50.3 Å². The average molecular weight is 331 g/mol. The maximum atomic E-state index is 12.1. The third-order valence-corrected chi connectivity index (χ3v) is 4.22. The molecule has 8 heteroatoms. The Morgan fingerprint density at radius 3 is 3.08 bits per heavy atom. The van der Waals surface area contributed by atoms with Crippen molar-refractivity contribution in [2.75, 3.05) is 6.54 Å². The topological polar surface area (TPSA) is 89.7 Å². The Morgan fingerprint density at radius 2 is 2.29 bits per heavy atom. The van der Waals surface area contributed by atoms with Crippen LogP contribution in [-0.2, 0) is 20.0 Å². The highest BCUT2D eigenvalue weighted by Crippen LogP contribution is 2.22. The summed E-state index contributed by atoms with van der Waals surface area (Å²) in [5, 5.41) is 14.4. The first-order valence-corrected chi connectivity index (χ1v) is 8.55.